The summed E-state index contributed by atoms with van der Waals surface area (Å²) in [7, 11) is 1.87. The molecule has 13 heavy (non-hydrogen) atoms. The molecule has 3 N–H and O–H groups in total. The number of hydrogen-bond donors (Lipinski definition) is 3. The largest absolute Gasteiger partial charge is 0.394 e. The molecular weight excluding hydrogens is 168 g/mol. The Morgan fingerprint density at radius 1 is 1.54 bits per heavy atom. The van der Waals surface area contributed by atoms with Crippen molar-refractivity contribution in [3.8, 4) is 0 Å². The van der Waals surface area contributed by atoms with Crippen molar-refractivity contribution in [2.75, 3.05) is 20.2 Å². The zero-order valence-electron chi connectivity index (χ0n) is 8.10. The summed E-state index contributed by atoms with van der Waals surface area (Å²) >= 11 is 0. The lowest BCUT2D eigenvalue weighted by Gasteiger charge is -2.13. The highest BCUT2D eigenvalue weighted by molar-refractivity contribution is 5.77. The van der Waals surface area contributed by atoms with E-state index in [1.807, 2.05) is 7.05 Å². The van der Waals surface area contributed by atoms with Gasteiger partial charge < -0.3 is 15.7 Å². The minimum absolute atomic E-state index is 0.0572. The Hall–Kier alpha value is -0.610. The van der Waals surface area contributed by atoms with Crippen molar-refractivity contribution in [1.29, 1.82) is 0 Å². The van der Waals surface area contributed by atoms with E-state index in [4.69, 9.17) is 5.11 Å². The topological polar surface area (TPSA) is 61.4 Å². The summed E-state index contributed by atoms with van der Waals surface area (Å²) < 4.78 is 0. The van der Waals surface area contributed by atoms with Crippen molar-refractivity contribution in [1.82, 2.24) is 10.6 Å². The molecule has 0 spiro atoms. The Kier molecular flexibility index (Phi) is 3.69. The molecule has 1 rings (SSSR count). The van der Waals surface area contributed by atoms with E-state index in [9.17, 15) is 4.79 Å². The summed E-state index contributed by atoms with van der Waals surface area (Å²) in [6, 6.07) is 0. The van der Waals surface area contributed by atoms with Gasteiger partial charge in [0.05, 0.1) is 12.1 Å². The minimum atomic E-state index is -0.253. The lowest BCUT2D eigenvalue weighted by atomic mass is 10.2. The van der Waals surface area contributed by atoms with Gasteiger partial charge in [0.2, 0.25) is 5.91 Å². The fourth-order valence-corrected chi connectivity index (χ4v) is 1.26. The molecule has 0 atom stereocenters. The summed E-state index contributed by atoms with van der Waals surface area (Å²) in [5, 5.41) is 14.8. The van der Waals surface area contributed by atoms with Crippen LogP contribution in [-0.2, 0) is 4.79 Å². The third kappa shape index (κ3) is 3.32. The highest BCUT2D eigenvalue weighted by Gasteiger charge is 2.43. The molecule has 1 amide bonds. The van der Waals surface area contributed by atoms with Gasteiger partial charge in [-0.3, -0.25) is 4.79 Å². The van der Waals surface area contributed by atoms with Crippen LogP contribution in [0.15, 0.2) is 0 Å². The number of carbonyl (C=O) groups is 1. The standard InChI is InChI=1S/C9H18N2O2/c1-10-6-2-3-8(13)11-9(7-12)4-5-9/h10,12H,2-7H2,1H3,(H,11,13). The molecular formula is C9H18N2O2. The molecule has 0 aromatic heterocycles. The van der Waals surface area contributed by atoms with Gasteiger partial charge in [-0.2, -0.15) is 0 Å². The van der Waals surface area contributed by atoms with Crippen molar-refractivity contribution >= 4 is 5.91 Å². The highest BCUT2D eigenvalue weighted by Crippen LogP contribution is 2.34. The number of amides is 1. The first-order valence-corrected chi connectivity index (χ1v) is 4.79. The van der Waals surface area contributed by atoms with E-state index in [1.54, 1.807) is 0 Å². The molecule has 0 bridgehead atoms. The van der Waals surface area contributed by atoms with Gasteiger partial charge in [-0.25, -0.2) is 0 Å². The average molecular weight is 186 g/mol. The first-order chi connectivity index (χ1) is 6.22. The molecule has 4 nitrogen and oxygen atoms in total. The maximum absolute atomic E-state index is 11.3. The van der Waals surface area contributed by atoms with E-state index in [0.717, 1.165) is 25.8 Å². The molecule has 1 saturated carbocycles. The first-order valence-electron chi connectivity index (χ1n) is 4.79. The summed E-state index contributed by atoms with van der Waals surface area (Å²) in [5.41, 5.74) is -0.253. The van der Waals surface area contributed by atoms with Crippen molar-refractivity contribution in [2.45, 2.75) is 31.2 Å². The van der Waals surface area contributed by atoms with E-state index >= 15 is 0 Å². The fraction of sp³-hybridized carbons (Fsp3) is 0.889. The normalized spacial score (nSPS) is 18.3. The Morgan fingerprint density at radius 3 is 2.69 bits per heavy atom. The van der Waals surface area contributed by atoms with Gasteiger partial charge in [-0.1, -0.05) is 0 Å². The molecule has 0 radical (unpaired) electrons. The summed E-state index contributed by atoms with van der Waals surface area (Å²) in [4.78, 5) is 11.3. The van der Waals surface area contributed by atoms with Gasteiger partial charge >= 0.3 is 0 Å². The van der Waals surface area contributed by atoms with Crippen molar-refractivity contribution in [3.05, 3.63) is 0 Å². The average Bonchev–Trinajstić information content (AvgIpc) is 2.86. The van der Waals surface area contributed by atoms with Gasteiger partial charge in [0.15, 0.2) is 0 Å². The van der Waals surface area contributed by atoms with Crippen molar-refractivity contribution in [2.24, 2.45) is 0 Å². The van der Waals surface area contributed by atoms with E-state index in [-0.39, 0.29) is 18.1 Å². The number of aliphatic hydroxyl groups excluding tert-OH is 1. The Balaban J connectivity index is 2.11. The van der Waals surface area contributed by atoms with Crippen LogP contribution >= 0.6 is 0 Å². The van der Waals surface area contributed by atoms with Gasteiger partial charge in [-0.05, 0) is 32.9 Å². The van der Waals surface area contributed by atoms with Crippen LogP contribution in [0.5, 0.6) is 0 Å². The maximum Gasteiger partial charge on any atom is 0.220 e. The molecule has 0 unspecified atom stereocenters. The summed E-state index contributed by atoms with van der Waals surface area (Å²) in [6.45, 7) is 0.935. The second kappa shape index (κ2) is 4.58. The predicted molar refractivity (Wildman–Crippen MR) is 50.4 cm³/mol. The zero-order chi connectivity index (χ0) is 9.73. The predicted octanol–water partition coefficient (Wildman–Crippen LogP) is -0.373. The minimum Gasteiger partial charge on any atom is -0.394 e. The van der Waals surface area contributed by atoms with Gasteiger partial charge in [0.25, 0.3) is 0 Å². The fourth-order valence-electron chi connectivity index (χ4n) is 1.26. The molecule has 76 valence electrons. The Bertz CT molecular complexity index is 178. The van der Waals surface area contributed by atoms with Gasteiger partial charge in [0, 0.05) is 6.42 Å². The first kappa shape index (κ1) is 10.5. The number of hydrogen-bond acceptors (Lipinski definition) is 3. The van der Waals surface area contributed by atoms with Gasteiger partial charge in [-0.15, -0.1) is 0 Å². The monoisotopic (exact) mass is 186 g/mol. The molecule has 0 aromatic carbocycles. The van der Waals surface area contributed by atoms with Crippen LogP contribution in [-0.4, -0.2) is 36.8 Å². The van der Waals surface area contributed by atoms with Crippen LogP contribution in [0.1, 0.15) is 25.7 Å². The van der Waals surface area contributed by atoms with Crippen molar-refractivity contribution < 1.29 is 9.90 Å². The Labute approximate surface area is 78.7 Å². The van der Waals surface area contributed by atoms with Crippen LogP contribution in [0.3, 0.4) is 0 Å². The second-order valence-electron chi connectivity index (χ2n) is 3.69. The third-order valence-electron chi connectivity index (χ3n) is 2.39. The third-order valence-corrected chi connectivity index (χ3v) is 2.39. The lowest BCUT2D eigenvalue weighted by Crippen LogP contribution is -2.39. The van der Waals surface area contributed by atoms with E-state index in [0.29, 0.717) is 6.42 Å². The molecule has 1 fully saturated rings. The summed E-state index contributed by atoms with van der Waals surface area (Å²) in [6.07, 6.45) is 3.23. The molecule has 1 aliphatic carbocycles. The molecule has 0 heterocycles. The highest BCUT2D eigenvalue weighted by atomic mass is 16.3. The van der Waals surface area contributed by atoms with E-state index in [2.05, 4.69) is 10.6 Å². The van der Waals surface area contributed by atoms with Crippen LogP contribution < -0.4 is 10.6 Å². The molecule has 0 aliphatic heterocycles. The van der Waals surface area contributed by atoms with Crippen molar-refractivity contribution in [3.63, 3.8) is 0 Å². The zero-order valence-corrected chi connectivity index (χ0v) is 8.10. The molecule has 0 saturated heterocycles. The van der Waals surface area contributed by atoms with E-state index in [1.165, 1.54) is 0 Å². The van der Waals surface area contributed by atoms with E-state index < -0.39 is 0 Å². The maximum atomic E-state index is 11.3. The number of nitrogens with one attached hydrogen (secondary N) is 2. The van der Waals surface area contributed by atoms with Crippen LogP contribution in [0.25, 0.3) is 0 Å². The SMILES string of the molecule is CNCCCC(=O)NC1(CO)CC1. The quantitative estimate of drug-likeness (QED) is 0.496. The number of aliphatic hydroxyl groups is 1. The van der Waals surface area contributed by atoms with Crippen LogP contribution in [0, 0.1) is 0 Å². The van der Waals surface area contributed by atoms with Crippen LogP contribution in [0.4, 0.5) is 0 Å². The molecule has 4 heteroatoms. The number of carbonyl (C=O) groups excluding carboxylic acids is 1. The smallest absolute Gasteiger partial charge is 0.220 e. The number of rotatable bonds is 6. The lowest BCUT2D eigenvalue weighted by molar-refractivity contribution is -0.122. The van der Waals surface area contributed by atoms with Crippen LogP contribution in [0.2, 0.25) is 0 Å². The Morgan fingerprint density at radius 2 is 2.23 bits per heavy atom. The summed E-state index contributed by atoms with van der Waals surface area (Å²) in [5.74, 6) is 0.0572. The second-order valence-corrected chi connectivity index (χ2v) is 3.69. The molecule has 0 aromatic rings. The van der Waals surface area contributed by atoms with Gasteiger partial charge in [0.1, 0.15) is 0 Å². The molecule has 1 aliphatic rings.